The highest BCUT2D eigenvalue weighted by atomic mass is 16.5. The van der Waals surface area contributed by atoms with Crippen LogP contribution in [0, 0.1) is 13.8 Å². The van der Waals surface area contributed by atoms with E-state index in [1.54, 1.807) is 13.3 Å². The van der Waals surface area contributed by atoms with Crippen LogP contribution in [0.5, 0.6) is 5.75 Å². The van der Waals surface area contributed by atoms with E-state index >= 15 is 0 Å². The van der Waals surface area contributed by atoms with Gasteiger partial charge in [-0.2, -0.15) is 0 Å². The summed E-state index contributed by atoms with van der Waals surface area (Å²) in [4.78, 5) is 28.3. The molecule has 3 N–H and O–H groups in total. The van der Waals surface area contributed by atoms with E-state index < -0.39 is 0 Å². The second-order valence-electron chi connectivity index (χ2n) is 7.36. The van der Waals surface area contributed by atoms with Crippen LogP contribution in [-0.4, -0.2) is 28.5 Å². The lowest BCUT2D eigenvalue weighted by atomic mass is 10.1. The smallest absolute Gasteiger partial charge is 0.271 e. The van der Waals surface area contributed by atoms with Crippen LogP contribution in [0.1, 0.15) is 27.3 Å². The number of methoxy groups -OCH3 is 1. The van der Waals surface area contributed by atoms with Gasteiger partial charge in [0.2, 0.25) is 5.91 Å². The molecule has 0 aliphatic heterocycles. The molecule has 0 fully saturated rings. The summed E-state index contributed by atoms with van der Waals surface area (Å²) in [5.74, 6) is 0.0500. The summed E-state index contributed by atoms with van der Waals surface area (Å²) >= 11 is 0. The molecule has 2 aromatic carbocycles. The highest BCUT2D eigenvalue weighted by Gasteiger charge is 2.17. The molecule has 0 unspecified atom stereocenters. The number of H-pyrrole nitrogens is 1. The molecule has 4 aromatic rings. The van der Waals surface area contributed by atoms with Crippen molar-refractivity contribution in [3.8, 4) is 11.4 Å². The molecular weight excluding hydrogens is 392 g/mol. The van der Waals surface area contributed by atoms with E-state index in [0.717, 1.165) is 39.3 Å². The molecule has 2 heterocycles. The summed E-state index contributed by atoms with van der Waals surface area (Å²) < 4.78 is 7.27. The number of aromatic nitrogens is 2. The van der Waals surface area contributed by atoms with E-state index in [2.05, 4.69) is 15.8 Å². The maximum absolute atomic E-state index is 12.7. The Bertz CT molecular complexity index is 1250. The van der Waals surface area contributed by atoms with Crippen molar-refractivity contribution in [2.45, 2.75) is 20.3 Å². The van der Waals surface area contributed by atoms with Crippen molar-refractivity contribution in [3.63, 3.8) is 0 Å². The normalized spacial score (nSPS) is 10.8. The van der Waals surface area contributed by atoms with Gasteiger partial charge in [-0.3, -0.25) is 20.4 Å². The lowest BCUT2D eigenvalue weighted by molar-refractivity contribution is -0.121. The highest BCUT2D eigenvalue weighted by Crippen LogP contribution is 2.24. The van der Waals surface area contributed by atoms with E-state index in [-0.39, 0.29) is 18.2 Å². The zero-order valence-electron chi connectivity index (χ0n) is 17.7. The molecule has 0 aliphatic rings. The van der Waals surface area contributed by atoms with Crippen LogP contribution in [-0.2, 0) is 11.2 Å². The van der Waals surface area contributed by atoms with Crippen molar-refractivity contribution >= 4 is 22.7 Å². The largest absolute Gasteiger partial charge is 0.497 e. The van der Waals surface area contributed by atoms with Gasteiger partial charge in [0.1, 0.15) is 5.75 Å². The minimum absolute atomic E-state index is 0.122. The van der Waals surface area contributed by atoms with Crippen LogP contribution >= 0.6 is 0 Å². The number of rotatable bonds is 5. The number of nitrogens with one attached hydrogen (secondary N) is 3. The summed E-state index contributed by atoms with van der Waals surface area (Å²) in [6.07, 6.45) is 1.91. The summed E-state index contributed by atoms with van der Waals surface area (Å²) in [5.41, 5.74) is 10.0. The average molecular weight is 416 g/mol. The van der Waals surface area contributed by atoms with Crippen LogP contribution in [0.3, 0.4) is 0 Å². The molecule has 0 bridgehead atoms. The Morgan fingerprint density at radius 3 is 2.55 bits per heavy atom. The molecule has 158 valence electrons. The molecular formula is C24H24N4O3. The fraction of sp³-hybridized carbons (Fsp3) is 0.167. The number of nitrogens with zero attached hydrogens (tertiary/aromatic N) is 1. The minimum Gasteiger partial charge on any atom is -0.497 e. The summed E-state index contributed by atoms with van der Waals surface area (Å²) in [7, 11) is 1.60. The second-order valence-corrected chi connectivity index (χ2v) is 7.36. The third kappa shape index (κ3) is 4.02. The van der Waals surface area contributed by atoms with Crippen molar-refractivity contribution in [3.05, 3.63) is 83.3 Å². The summed E-state index contributed by atoms with van der Waals surface area (Å²) in [6, 6.07) is 17.3. The standard InChI is InChI=1S/C24H24N4O3/c1-15-11-20(16(2)28(15)18-7-5-4-6-8-18)24(30)27-26-23(29)12-17-14-25-22-10-9-19(31-3)13-21(17)22/h4-11,13-14,25H,12H2,1-3H3,(H,26,29)(H,27,30). The van der Waals surface area contributed by atoms with Gasteiger partial charge in [0.15, 0.2) is 0 Å². The fourth-order valence-corrected chi connectivity index (χ4v) is 3.81. The number of para-hydroxylation sites is 1. The molecule has 0 saturated carbocycles. The number of carbonyl (C=O) groups is 2. The van der Waals surface area contributed by atoms with Gasteiger partial charge in [0.25, 0.3) is 5.91 Å². The number of hydrazine groups is 1. The Hall–Kier alpha value is -4.00. The lowest BCUT2D eigenvalue weighted by Gasteiger charge is -2.10. The van der Waals surface area contributed by atoms with E-state index in [1.165, 1.54) is 0 Å². The number of hydrogen-bond donors (Lipinski definition) is 3. The van der Waals surface area contributed by atoms with Gasteiger partial charge >= 0.3 is 0 Å². The summed E-state index contributed by atoms with van der Waals surface area (Å²) in [6.45, 7) is 3.83. The number of aryl methyl sites for hydroxylation is 1. The minimum atomic E-state index is -0.357. The first-order valence-corrected chi connectivity index (χ1v) is 9.95. The van der Waals surface area contributed by atoms with Crippen LogP contribution < -0.4 is 15.6 Å². The van der Waals surface area contributed by atoms with E-state index in [1.807, 2.05) is 73.0 Å². The number of fused-ring (bicyclic) bond motifs is 1. The molecule has 0 spiro atoms. The topological polar surface area (TPSA) is 88.2 Å². The van der Waals surface area contributed by atoms with Crippen LogP contribution in [0.4, 0.5) is 0 Å². The quantitative estimate of drug-likeness (QED) is 0.435. The molecule has 7 nitrogen and oxygen atoms in total. The molecule has 0 aliphatic carbocycles. The third-order valence-corrected chi connectivity index (χ3v) is 5.33. The maximum atomic E-state index is 12.7. The monoisotopic (exact) mass is 416 g/mol. The second kappa shape index (κ2) is 8.39. The Morgan fingerprint density at radius 1 is 1.03 bits per heavy atom. The summed E-state index contributed by atoms with van der Waals surface area (Å²) in [5, 5.41) is 0.909. The third-order valence-electron chi connectivity index (χ3n) is 5.33. The van der Waals surface area contributed by atoms with Gasteiger partial charge in [0.05, 0.1) is 19.1 Å². The molecule has 2 amide bonds. The molecule has 2 aromatic heterocycles. The van der Waals surface area contributed by atoms with Crippen LogP contribution in [0.15, 0.2) is 60.8 Å². The molecule has 7 heteroatoms. The number of amides is 2. The molecule has 0 radical (unpaired) electrons. The maximum Gasteiger partial charge on any atom is 0.271 e. The van der Waals surface area contributed by atoms with Gasteiger partial charge in [-0.05, 0) is 55.8 Å². The number of ether oxygens (including phenoxy) is 1. The van der Waals surface area contributed by atoms with E-state index in [0.29, 0.717) is 5.56 Å². The van der Waals surface area contributed by atoms with Crippen LogP contribution in [0.2, 0.25) is 0 Å². The first kappa shape index (κ1) is 20.3. The van der Waals surface area contributed by atoms with E-state index in [9.17, 15) is 9.59 Å². The van der Waals surface area contributed by atoms with Crippen molar-refractivity contribution in [1.29, 1.82) is 0 Å². The Balaban J connectivity index is 1.44. The van der Waals surface area contributed by atoms with Gasteiger partial charge in [-0.25, -0.2) is 0 Å². The predicted octanol–water partition coefficient (Wildman–Crippen LogP) is 3.59. The van der Waals surface area contributed by atoms with Crippen molar-refractivity contribution in [2.24, 2.45) is 0 Å². The number of benzene rings is 2. The van der Waals surface area contributed by atoms with Crippen molar-refractivity contribution in [2.75, 3.05) is 7.11 Å². The molecule has 0 atom stereocenters. The number of aromatic amines is 1. The molecule has 0 saturated heterocycles. The number of hydrogen-bond acceptors (Lipinski definition) is 3. The van der Waals surface area contributed by atoms with E-state index in [4.69, 9.17) is 4.74 Å². The molecule has 31 heavy (non-hydrogen) atoms. The Kier molecular flexibility index (Phi) is 5.49. The Morgan fingerprint density at radius 2 is 1.81 bits per heavy atom. The van der Waals surface area contributed by atoms with Crippen molar-refractivity contribution < 1.29 is 14.3 Å². The Labute approximate surface area is 180 Å². The average Bonchev–Trinajstić information content (AvgIpc) is 3.32. The SMILES string of the molecule is COc1ccc2[nH]cc(CC(=O)NNC(=O)c3cc(C)n(-c4ccccc4)c3C)c2c1. The molecule has 4 rings (SSSR count). The first-order valence-electron chi connectivity index (χ1n) is 9.95. The zero-order valence-corrected chi connectivity index (χ0v) is 17.7. The predicted molar refractivity (Wildman–Crippen MR) is 119 cm³/mol. The number of carbonyl (C=O) groups excluding carboxylic acids is 2. The highest BCUT2D eigenvalue weighted by molar-refractivity contribution is 5.97. The van der Waals surface area contributed by atoms with Crippen molar-refractivity contribution in [1.82, 2.24) is 20.4 Å². The fourth-order valence-electron chi connectivity index (χ4n) is 3.81. The van der Waals surface area contributed by atoms with Gasteiger partial charge in [-0.15, -0.1) is 0 Å². The van der Waals surface area contributed by atoms with Gasteiger partial charge < -0.3 is 14.3 Å². The first-order chi connectivity index (χ1) is 15.0. The zero-order chi connectivity index (χ0) is 22.0. The van der Waals surface area contributed by atoms with Gasteiger partial charge in [0, 0.05) is 34.2 Å². The van der Waals surface area contributed by atoms with Gasteiger partial charge in [-0.1, -0.05) is 18.2 Å². The van der Waals surface area contributed by atoms with Crippen LogP contribution in [0.25, 0.3) is 16.6 Å². The lowest BCUT2D eigenvalue weighted by Crippen LogP contribution is -2.42.